The third kappa shape index (κ3) is 5.05. The highest BCUT2D eigenvalue weighted by atomic mass is 19.1. The molecule has 0 amide bonds. The molecular formula is C24H24FNO. The first-order valence-corrected chi connectivity index (χ1v) is 9.04. The Balaban J connectivity index is 1.95. The van der Waals surface area contributed by atoms with Gasteiger partial charge in [0.15, 0.2) is 0 Å². The number of ether oxygens (including phenoxy) is 1. The molecule has 0 aliphatic carbocycles. The van der Waals surface area contributed by atoms with E-state index in [1.165, 1.54) is 0 Å². The molecule has 3 aromatic carbocycles. The fraction of sp³-hybridized carbons (Fsp3) is 0.167. The Bertz CT molecular complexity index is 871. The number of likely N-dealkylation sites (N-methyl/N-ethyl adjacent to an activating group) is 1. The molecule has 0 unspecified atom stereocenters. The molecule has 0 atom stereocenters. The molecule has 0 bridgehead atoms. The molecule has 0 saturated carbocycles. The zero-order chi connectivity index (χ0) is 19.1. The highest BCUT2D eigenvalue weighted by Crippen LogP contribution is 2.33. The van der Waals surface area contributed by atoms with Crippen molar-refractivity contribution in [3.8, 4) is 5.75 Å². The fourth-order valence-corrected chi connectivity index (χ4v) is 2.82. The van der Waals surface area contributed by atoms with Crippen LogP contribution in [0.5, 0.6) is 5.75 Å². The second-order valence-corrected chi connectivity index (χ2v) is 6.60. The summed E-state index contributed by atoms with van der Waals surface area (Å²) in [4.78, 5) is 2.07. The molecular weight excluding hydrogens is 337 g/mol. The molecule has 27 heavy (non-hydrogen) atoms. The van der Waals surface area contributed by atoms with E-state index in [1.807, 2.05) is 86.9 Å². The van der Waals surface area contributed by atoms with Crippen LogP contribution in [0, 0.1) is 0 Å². The maximum atomic E-state index is 15.4. The van der Waals surface area contributed by atoms with E-state index in [9.17, 15) is 0 Å². The summed E-state index contributed by atoms with van der Waals surface area (Å²) in [6.45, 7) is 1.46. The van der Waals surface area contributed by atoms with Crippen LogP contribution in [0.1, 0.15) is 16.7 Å². The van der Waals surface area contributed by atoms with E-state index in [1.54, 1.807) is 12.1 Å². The van der Waals surface area contributed by atoms with E-state index in [2.05, 4.69) is 4.90 Å². The zero-order valence-corrected chi connectivity index (χ0v) is 15.7. The van der Waals surface area contributed by atoms with E-state index >= 15 is 4.39 Å². The van der Waals surface area contributed by atoms with E-state index in [0.29, 0.717) is 17.7 Å². The summed E-state index contributed by atoms with van der Waals surface area (Å²) in [6.07, 6.45) is 0. The zero-order valence-electron chi connectivity index (χ0n) is 15.7. The maximum absolute atomic E-state index is 15.4. The van der Waals surface area contributed by atoms with Gasteiger partial charge in [0.1, 0.15) is 18.2 Å². The molecule has 0 spiro atoms. The third-order valence-corrected chi connectivity index (χ3v) is 4.26. The van der Waals surface area contributed by atoms with E-state index < -0.39 is 0 Å². The van der Waals surface area contributed by atoms with Crippen molar-refractivity contribution >= 4 is 11.4 Å². The number of benzene rings is 3. The topological polar surface area (TPSA) is 12.5 Å². The van der Waals surface area contributed by atoms with Crippen LogP contribution in [0.4, 0.5) is 4.39 Å². The molecule has 0 heterocycles. The minimum atomic E-state index is -0.233. The third-order valence-electron chi connectivity index (χ3n) is 4.26. The first kappa shape index (κ1) is 18.9. The number of rotatable bonds is 7. The summed E-state index contributed by atoms with van der Waals surface area (Å²) >= 11 is 0. The van der Waals surface area contributed by atoms with Crippen LogP contribution in [-0.2, 0) is 0 Å². The lowest BCUT2D eigenvalue weighted by Crippen LogP contribution is -2.19. The minimum Gasteiger partial charge on any atom is -0.492 e. The van der Waals surface area contributed by atoms with Crippen LogP contribution in [0.2, 0.25) is 0 Å². The molecule has 0 aliphatic heterocycles. The molecule has 2 nitrogen and oxygen atoms in total. The predicted octanol–water partition coefficient (Wildman–Crippen LogP) is 5.51. The molecule has 0 fully saturated rings. The summed E-state index contributed by atoms with van der Waals surface area (Å²) in [7, 11) is 4.02. The van der Waals surface area contributed by atoms with E-state index in [0.717, 1.165) is 23.4 Å². The first-order valence-electron chi connectivity index (χ1n) is 9.04. The van der Waals surface area contributed by atoms with E-state index in [-0.39, 0.29) is 5.83 Å². The van der Waals surface area contributed by atoms with Gasteiger partial charge in [0.25, 0.3) is 0 Å². The predicted molar refractivity (Wildman–Crippen MR) is 110 cm³/mol. The average Bonchev–Trinajstić information content (AvgIpc) is 2.70. The van der Waals surface area contributed by atoms with Gasteiger partial charge in [0.05, 0.1) is 0 Å². The van der Waals surface area contributed by atoms with Crippen molar-refractivity contribution in [3.63, 3.8) is 0 Å². The average molecular weight is 361 g/mol. The molecule has 3 aromatic rings. The molecule has 0 aliphatic rings. The van der Waals surface area contributed by atoms with Gasteiger partial charge in [0, 0.05) is 17.7 Å². The van der Waals surface area contributed by atoms with Crippen molar-refractivity contribution in [2.75, 3.05) is 27.2 Å². The van der Waals surface area contributed by atoms with Crippen molar-refractivity contribution in [2.45, 2.75) is 0 Å². The number of hydrogen-bond acceptors (Lipinski definition) is 2. The minimum absolute atomic E-state index is 0.233. The normalized spacial score (nSPS) is 12.0. The largest absolute Gasteiger partial charge is 0.492 e. The summed E-state index contributed by atoms with van der Waals surface area (Å²) in [5, 5.41) is 0. The lowest BCUT2D eigenvalue weighted by molar-refractivity contribution is 0.261. The van der Waals surface area contributed by atoms with Crippen molar-refractivity contribution < 1.29 is 9.13 Å². The van der Waals surface area contributed by atoms with Gasteiger partial charge in [0.2, 0.25) is 0 Å². The molecule has 0 saturated heterocycles. The van der Waals surface area contributed by atoms with Crippen LogP contribution in [-0.4, -0.2) is 32.1 Å². The van der Waals surface area contributed by atoms with Gasteiger partial charge >= 0.3 is 0 Å². The van der Waals surface area contributed by atoms with E-state index in [4.69, 9.17) is 4.74 Å². The second-order valence-electron chi connectivity index (χ2n) is 6.60. The highest BCUT2D eigenvalue weighted by molar-refractivity contribution is 5.95. The Morgan fingerprint density at radius 3 is 1.81 bits per heavy atom. The van der Waals surface area contributed by atoms with Crippen molar-refractivity contribution in [1.82, 2.24) is 4.90 Å². The maximum Gasteiger partial charge on any atom is 0.138 e. The molecule has 3 rings (SSSR count). The lowest BCUT2D eigenvalue weighted by Gasteiger charge is -2.13. The van der Waals surface area contributed by atoms with Gasteiger partial charge in [-0.25, -0.2) is 4.39 Å². The van der Waals surface area contributed by atoms with Crippen molar-refractivity contribution in [2.24, 2.45) is 0 Å². The Labute approximate surface area is 160 Å². The monoisotopic (exact) mass is 361 g/mol. The van der Waals surface area contributed by atoms with Crippen LogP contribution >= 0.6 is 0 Å². The standard InChI is InChI=1S/C24H24FNO/c1-26(2)17-18-27-22-15-13-20(14-16-22)23(19-9-5-3-6-10-19)24(25)21-11-7-4-8-12-21/h3-16H,17-18H2,1-2H3/b24-23+. The SMILES string of the molecule is CN(C)CCOc1ccc(/C(=C(/F)c2ccccc2)c2ccccc2)cc1. The molecule has 0 N–H and O–H groups in total. The Morgan fingerprint density at radius 2 is 1.26 bits per heavy atom. The van der Waals surface area contributed by atoms with Crippen molar-refractivity contribution in [3.05, 3.63) is 102 Å². The lowest BCUT2D eigenvalue weighted by atomic mass is 9.95. The Hall–Kier alpha value is -2.91. The summed E-state index contributed by atoms with van der Waals surface area (Å²) in [5.41, 5.74) is 2.83. The molecule has 3 heteroatoms. The highest BCUT2D eigenvalue weighted by Gasteiger charge is 2.14. The van der Waals surface area contributed by atoms with Gasteiger partial charge in [-0.15, -0.1) is 0 Å². The molecule has 0 radical (unpaired) electrons. The Morgan fingerprint density at radius 1 is 0.741 bits per heavy atom. The van der Waals surface area contributed by atoms with Gasteiger partial charge in [-0.1, -0.05) is 72.8 Å². The van der Waals surface area contributed by atoms with Crippen molar-refractivity contribution in [1.29, 1.82) is 0 Å². The van der Waals surface area contributed by atoms with Crippen LogP contribution in [0.3, 0.4) is 0 Å². The molecule has 138 valence electrons. The van der Waals surface area contributed by atoms with Crippen LogP contribution in [0.15, 0.2) is 84.9 Å². The summed E-state index contributed by atoms with van der Waals surface area (Å²) < 4.78 is 21.2. The second kappa shape index (κ2) is 9.15. The van der Waals surface area contributed by atoms with Crippen LogP contribution < -0.4 is 4.74 Å². The number of halogens is 1. The number of nitrogens with zero attached hydrogens (tertiary/aromatic N) is 1. The van der Waals surface area contributed by atoms with Gasteiger partial charge in [-0.2, -0.15) is 0 Å². The Kier molecular flexibility index (Phi) is 6.39. The fourth-order valence-electron chi connectivity index (χ4n) is 2.82. The summed E-state index contributed by atoms with van der Waals surface area (Å²) in [5.74, 6) is 0.552. The summed E-state index contributed by atoms with van der Waals surface area (Å²) in [6, 6.07) is 26.4. The molecule has 0 aromatic heterocycles. The quantitative estimate of drug-likeness (QED) is 0.514. The number of hydrogen-bond donors (Lipinski definition) is 0. The first-order chi connectivity index (χ1) is 13.1. The van der Waals surface area contributed by atoms with Gasteiger partial charge in [-0.3, -0.25) is 0 Å². The van der Waals surface area contributed by atoms with Crippen LogP contribution in [0.25, 0.3) is 11.4 Å². The van der Waals surface area contributed by atoms with Gasteiger partial charge < -0.3 is 9.64 Å². The smallest absolute Gasteiger partial charge is 0.138 e. The van der Waals surface area contributed by atoms with Gasteiger partial charge in [-0.05, 0) is 37.4 Å².